The molecule has 0 fully saturated rings. The Labute approximate surface area is 133 Å². The average Bonchev–Trinajstić information content (AvgIpc) is 3.23. The van der Waals surface area contributed by atoms with Gasteiger partial charge < -0.3 is 14.7 Å². The molecule has 0 bridgehead atoms. The monoisotopic (exact) mass is 314 g/mol. The molecular weight excluding hydrogens is 296 g/mol. The lowest BCUT2D eigenvalue weighted by Gasteiger charge is -2.07. The molecule has 0 radical (unpaired) electrons. The molecule has 7 nitrogen and oxygen atoms in total. The minimum absolute atomic E-state index is 0.182. The van der Waals surface area contributed by atoms with Gasteiger partial charge in [-0.2, -0.15) is 4.98 Å². The highest BCUT2D eigenvalue weighted by molar-refractivity contribution is 5.92. The normalized spacial score (nSPS) is 16.7. The summed E-state index contributed by atoms with van der Waals surface area (Å²) in [4.78, 5) is 21.4. The van der Waals surface area contributed by atoms with Crippen LogP contribution in [0.5, 0.6) is 0 Å². The standard InChI is InChI=1S/C16H18N4O3/c1-2-12-9-13(22-19-12)16(21)17-10-15-18-14(20-23-15)8-11-6-4-3-5-7-11/h3-7,13H,2,8-10H2,1H3,(H,17,21)/t13-/m1/s1. The maximum atomic E-state index is 12.0. The van der Waals surface area contributed by atoms with Crippen LogP contribution < -0.4 is 5.32 Å². The van der Waals surface area contributed by atoms with Crippen molar-refractivity contribution in [2.45, 2.75) is 38.8 Å². The fourth-order valence-electron chi connectivity index (χ4n) is 2.26. The second kappa shape index (κ2) is 7.04. The van der Waals surface area contributed by atoms with Crippen molar-refractivity contribution in [3.05, 3.63) is 47.6 Å². The zero-order chi connectivity index (χ0) is 16.1. The van der Waals surface area contributed by atoms with Crippen LogP contribution in [-0.2, 0) is 22.6 Å². The molecule has 0 saturated carbocycles. The maximum Gasteiger partial charge on any atom is 0.264 e. The molecular formula is C16H18N4O3. The van der Waals surface area contributed by atoms with Crippen LogP contribution in [0.2, 0.25) is 0 Å². The topological polar surface area (TPSA) is 89.6 Å². The first-order chi connectivity index (χ1) is 11.2. The fraction of sp³-hybridized carbons (Fsp3) is 0.375. The largest absolute Gasteiger partial charge is 0.382 e. The number of rotatable bonds is 6. The van der Waals surface area contributed by atoms with Crippen LogP contribution in [0.25, 0.3) is 0 Å². The fourth-order valence-corrected chi connectivity index (χ4v) is 2.26. The van der Waals surface area contributed by atoms with Gasteiger partial charge in [0.1, 0.15) is 0 Å². The van der Waals surface area contributed by atoms with Gasteiger partial charge in [-0.3, -0.25) is 4.79 Å². The molecule has 120 valence electrons. The third-order valence-corrected chi connectivity index (χ3v) is 3.56. The zero-order valence-corrected chi connectivity index (χ0v) is 12.9. The summed E-state index contributed by atoms with van der Waals surface area (Å²) in [7, 11) is 0. The van der Waals surface area contributed by atoms with Gasteiger partial charge >= 0.3 is 0 Å². The molecule has 23 heavy (non-hydrogen) atoms. The molecule has 1 N–H and O–H groups in total. The lowest BCUT2D eigenvalue weighted by Crippen LogP contribution is -2.34. The number of hydrogen-bond donors (Lipinski definition) is 1. The van der Waals surface area contributed by atoms with E-state index >= 15 is 0 Å². The Kier molecular flexibility index (Phi) is 4.65. The van der Waals surface area contributed by atoms with Gasteiger partial charge in [0.2, 0.25) is 12.0 Å². The first-order valence-corrected chi connectivity index (χ1v) is 7.59. The van der Waals surface area contributed by atoms with Crippen molar-refractivity contribution < 1.29 is 14.2 Å². The highest BCUT2D eigenvalue weighted by atomic mass is 16.6. The third kappa shape index (κ3) is 3.94. The molecule has 7 heteroatoms. The number of nitrogens with one attached hydrogen (secondary N) is 1. The predicted octanol–water partition coefficient (Wildman–Crippen LogP) is 1.83. The SMILES string of the molecule is CCC1=NO[C@@H](C(=O)NCc2nc(Cc3ccccc3)no2)C1. The van der Waals surface area contributed by atoms with Crippen LogP contribution in [0.3, 0.4) is 0 Å². The molecule has 1 atom stereocenters. The lowest BCUT2D eigenvalue weighted by molar-refractivity contribution is -0.131. The van der Waals surface area contributed by atoms with E-state index < -0.39 is 6.10 Å². The van der Waals surface area contributed by atoms with Gasteiger partial charge in [-0.25, -0.2) is 0 Å². The van der Waals surface area contributed by atoms with Crippen molar-refractivity contribution in [2.75, 3.05) is 0 Å². The molecule has 0 spiro atoms. The second-order valence-corrected chi connectivity index (χ2v) is 5.29. The lowest BCUT2D eigenvalue weighted by atomic mass is 10.1. The van der Waals surface area contributed by atoms with Gasteiger partial charge in [-0.05, 0) is 12.0 Å². The van der Waals surface area contributed by atoms with Gasteiger partial charge in [0.05, 0.1) is 12.3 Å². The van der Waals surface area contributed by atoms with Crippen LogP contribution in [0.1, 0.15) is 37.0 Å². The van der Waals surface area contributed by atoms with Crippen LogP contribution >= 0.6 is 0 Å². The molecule has 0 saturated heterocycles. The Morgan fingerprint density at radius 2 is 2.17 bits per heavy atom. The maximum absolute atomic E-state index is 12.0. The Morgan fingerprint density at radius 1 is 1.35 bits per heavy atom. The summed E-state index contributed by atoms with van der Waals surface area (Å²) in [6, 6.07) is 9.89. The molecule has 1 aliphatic rings. The molecule has 2 heterocycles. The molecule has 2 aromatic rings. The Morgan fingerprint density at radius 3 is 2.91 bits per heavy atom. The van der Waals surface area contributed by atoms with E-state index in [1.807, 2.05) is 37.3 Å². The third-order valence-electron chi connectivity index (χ3n) is 3.56. The number of carbonyl (C=O) groups excluding carboxylic acids is 1. The molecule has 0 aliphatic carbocycles. The van der Waals surface area contributed by atoms with Gasteiger partial charge in [-0.1, -0.05) is 47.6 Å². The van der Waals surface area contributed by atoms with E-state index in [1.165, 1.54) is 0 Å². The molecule has 0 unspecified atom stereocenters. The Balaban J connectivity index is 1.49. The molecule has 1 aliphatic heterocycles. The van der Waals surface area contributed by atoms with Crippen molar-refractivity contribution in [3.63, 3.8) is 0 Å². The van der Waals surface area contributed by atoms with Crippen molar-refractivity contribution in [1.29, 1.82) is 0 Å². The first kappa shape index (κ1) is 15.2. The second-order valence-electron chi connectivity index (χ2n) is 5.29. The van der Waals surface area contributed by atoms with E-state index in [0.29, 0.717) is 24.6 Å². The van der Waals surface area contributed by atoms with Gasteiger partial charge in [0.15, 0.2) is 5.82 Å². The van der Waals surface area contributed by atoms with E-state index in [0.717, 1.165) is 17.7 Å². The predicted molar refractivity (Wildman–Crippen MR) is 82.6 cm³/mol. The quantitative estimate of drug-likeness (QED) is 0.878. The van der Waals surface area contributed by atoms with Crippen molar-refractivity contribution in [1.82, 2.24) is 15.5 Å². The number of nitrogens with zero attached hydrogens (tertiary/aromatic N) is 3. The van der Waals surface area contributed by atoms with E-state index in [1.54, 1.807) is 0 Å². The zero-order valence-electron chi connectivity index (χ0n) is 12.9. The van der Waals surface area contributed by atoms with Crippen molar-refractivity contribution >= 4 is 11.6 Å². The number of aromatic nitrogens is 2. The van der Waals surface area contributed by atoms with Crippen LogP contribution in [0.15, 0.2) is 40.0 Å². The summed E-state index contributed by atoms with van der Waals surface area (Å²) in [6.07, 6.45) is 1.36. The number of amides is 1. The highest BCUT2D eigenvalue weighted by Gasteiger charge is 2.27. The van der Waals surface area contributed by atoms with Crippen LogP contribution in [0.4, 0.5) is 0 Å². The summed E-state index contributed by atoms with van der Waals surface area (Å²) < 4.78 is 5.15. The number of carbonyl (C=O) groups is 1. The molecule has 1 amide bonds. The molecule has 3 rings (SSSR count). The van der Waals surface area contributed by atoms with E-state index in [9.17, 15) is 4.79 Å². The summed E-state index contributed by atoms with van der Waals surface area (Å²) in [5.74, 6) is 0.744. The Bertz CT molecular complexity index is 696. The van der Waals surface area contributed by atoms with E-state index in [4.69, 9.17) is 9.36 Å². The van der Waals surface area contributed by atoms with E-state index in [-0.39, 0.29) is 12.5 Å². The summed E-state index contributed by atoms with van der Waals surface area (Å²) >= 11 is 0. The molecule has 1 aromatic carbocycles. The smallest absolute Gasteiger partial charge is 0.264 e. The average molecular weight is 314 g/mol. The van der Waals surface area contributed by atoms with Gasteiger partial charge in [0, 0.05) is 12.8 Å². The van der Waals surface area contributed by atoms with E-state index in [2.05, 4.69) is 20.6 Å². The minimum atomic E-state index is -0.559. The number of oxime groups is 1. The molecule has 1 aromatic heterocycles. The first-order valence-electron chi connectivity index (χ1n) is 7.59. The van der Waals surface area contributed by atoms with Crippen LogP contribution in [-0.4, -0.2) is 27.9 Å². The summed E-state index contributed by atoms with van der Waals surface area (Å²) in [6.45, 7) is 2.16. The van der Waals surface area contributed by atoms with Crippen molar-refractivity contribution in [2.24, 2.45) is 5.16 Å². The summed E-state index contributed by atoms with van der Waals surface area (Å²) in [5, 5.41) is 10.5. The summed E-state index contributed by atoms with van der Waals surface area (Å²) in [5.41, 5.74) is 2.00. The number of hydrogen-bond acceptors (Lipinski definition) is 6. The number of benzene rings is 1. The minimum Gasteiger partial charge on any atom is -0.382 e. The van der Waals surface area contributed by atoms with Crippen LogP contribution in [0, 0.1) is 0 Å². The Hall–Kier alpha value is -2.70. The van der Waals surface area contributed by atoms with Gasteiger partial charge in [-0.15, -0.1) is 0 Å². The highest BCUT2D eigenvalue weighted by Crippen LogP contribution is 2.13. The van der Waals surface area contributed by atoms with Crippen molar-refractivity contribution in [3.8, 4) is 0 Å². The van der Waals surface area contributed by atoms with Gasteiger partial charge in [0.25, 0.3) is 5.91 Å².